The number of hydrogen-bond donors (Lipinski definition) is 0. The first-order valence-electron chi connectivity index (χ1n) is 9.27. The van der Waals surface area contributed by atoms with Crippen molar-refractivity contribution in [3.8, 4) is 0 Å². The Hall–Kier alpha value is -2.50. The van der Waals surface area contributed by atoms with Crippen molar-refractivity contribution in [2.45, 2.75) is 33.6 Å². The van der Waals surface area contributed by atoms with Gasteiger partial charge in [-0.25, -0.2) is 4.98 Å². The predicted octanol–water partition coefficient (Wildman–Crippen LogP) is 5.58. The number of ether oxygens (including phenoxy) is 1. The molecule has 0 radical (unpaired) electrons. The molecule has 0 spiro atoms. The van der Waals surface area contributed by atoms with Crippen molar-refractivity contribution in [3.63, 3.8) is 0 Å². The Bertz CT molecular complexity index is 1110. The van der Waals surface area contributed by atoms with Crippen LogP contribution in [0.15, 0.2) is 65.4 Å². The highest BCUT2D eigenvalue weighted by molar-refractivity contribution is 9.10. The van der Waals surface area contributed by atoms with Crippen LogP contribution in [0.2, 0.25) is 0 Å². The zero-order chi connectivity index (χ0) is 19.5. The van der Waals surface area contributed by atoms with Crippen molar-refractivity contribution in [2.75, 3.05) is 0 Å². The molecule has 5 heteroatoms. The van der Waals surface area contributed by atoms with Crippen LogP contribution in [0.25, 0.3) is 11.0 Å². The summed E-state index contributed by atoms with van der Waals surface area (Å²) in [6.45, 7) is 6.06. The molecule has 0 saturated carbocycles. The number of halogens is 1. The van der Waals surface area contributed by atoms with Gasteiger partial charge < -0.3 is 9.30 Å². The number of aromatic nitrogens is 3. The highest BCUT2D eigenvalue weighted by atomic mass is 79.9. The summed E-state index contributed by atoms with van der Waals surface area (Å²) in [5.74, 6) is 0.933. The van der Waals surface area contributed by atoms with Gasteiger partial charge in [-0.15, -0.1) is 0 Å². The summed E-state index contributed by atoms with van der Waals surface area (Å²) in [4.78, 5) is 8.89. The highest BCUT2D eigenvalue weighted by Gasteiger charge is 2.13. The minimum Gasteiger partial charge on any atom is -0.369 e. The molecule has 2 aromatic carbocycles. The van der Waals surface area contributed by atoms with Crippen LogP contribution in [0.3, 0.4) is 0 Å². The number of hydrogen-bond acceptors (Lipinski definition) is 3. The maximum Gasteiger partial charge on any atom is 0.136 e. The average Bonchev–Trinajstić information content (AvgIpc) is 3.02. The topological polar surface area (TPSA) is 39.9 Å². The third-order valence-corrected chi connectivity index (χ3v) is 5.36. The quantitative estimate of drug-likeness (QED) is 0.397. The van der Waals surface area contributed by atoms with E-state index in [4.69, 9.17) is 9.72 Å². The first-order chi connectivity index (χ1) is 13.6. The van der Waals surface area contributed by atoms with Crippen LogP contribution in [0, 0.1) is 13.8 Å². The molecule has 0 bridgehead atoms. The zero-order valence-corrected chi connectivity index (χ0v) is 17.6. The molecule has 4 rings (SSSR count). The van der Waals surface area contributed by atoms with Crippen LogP contribution in [0.1, 0.15) is 28.1 Å². The van der Waals surface area contributed by atoms with E-state index in [2.05, 4.69) is 63.6 Å². The number of pyridine rings is 1. The van der Waals surface area contributed by atoms with E-state index in [1.165, 1.54) is 16.7 Å². The van der Waals surface area contributed by atoms with E-state index in [0.717, 1.165) is 33.4 Å². The van der Waals surface area contributed by atoms with Gasteiger partial charge >= 0.3 is 0 Å². The third kappa shape index (κ3) is 4.16. The van der Waals surface area contributed by atoms with Crippen molar-refractivity contribution in [1.82, 2.24) is 14.5 Å². The van der Waals surface area contributed by atoms with Gasteiger partial charge in [-0.2, -0.15) is 0 Å². The molecule has 0 fully saturated rings. The predicted molar refractivity (Wildman–Crippen MR) is 115 cm³/mol. The largest absolute Gasteiger partial charge is 0.369 e. The lowest BCUT2D eigenvalue weighted by molar-refractivity contribution is 0.0998. The number of nitrogens with zero attached hydrogens (tertiary/aromatic N) is 3. The number of benzene rings is 2. The SMILES string of the molecule is Cc1ccc(C)c(Cn2c(COCc3ccncc3)nc3ccc(Br)cc32)c1. The standard InChI is InChI=1S/C23H22BrN3O/c1-16-3-4-17(2)19(11-16)13-27-22-12-20(24)5-6-21(22)26-23(27)15-28-14-18-7-9-25-10-8-18/h3-12H,13-15H2,1-2H3. The van der Waals surface area contributed by atoms with Gasteiger partial charge in [-0.1, -0.05) is 39.7 Å². The van der Waals surface area contributed by atoms with E-state index in [0.29, 0.717) is 13.2 Å². The lowest BCUT2D eigenvalue weighted by Crippen LogP contribution is -2.08. The second-order valence-electron chi connectivity index (χ2n) is 7.03. The van der Waals surface area contributed by atoms with E-state index in [-0.39, 0.29) is 0 Å². The maximum absolute atomic E-state index is 5.98. The Balaban J connectivity index is 1.65. The van der Waals surface area contributed by atoms with Gasteiger partial charge in [-0.05, 0) is 60.9 Å². The monoisotopic (exact) mass is 435 g/mol. The van der Waals surface area contributed by atoms with Crippen molar-refractivity contribution in [1.29, 1.82) is 0 Å². The smallest absolute Gasteiger partial charge is 0.136 e. The number of imidazole rings is 1. The molecule has 0 saturated heterocycles. The second kappa shape index (κ2) is 8.25. The highest BCUT2D eigenvalue weighted by Crippen LogP contribution is 2.24. The Morgan fingerprint density at radius 3 is 2.61 bits per heavy atom. The minimum absolute atomic E-state index is 0.458. The van der Waals surface area contributed by atoms with E-state index in [1.54, 1.807) is 12.4 Å². The van der Waals surface area contributed by atoms with Gasteiger partial charge in [0.2, 0.25) is 0 Å². The van der Waals surface area contributed by atoms with Gasteiger partial charge in [-0.3, -0.25) is 4.98 Å². The molecule has 2 aromatic heterocycles. The van der Waals surface area contributed by atoms with Gasteiger partial charge in [0, 0.05) is 23.4 Å². The fraction of sp³-hybridized carbons (Fsp3) is 0.217. The molecule has 28 heavy (non-hydrogen) atoms. The lowest BCUT2D eigenvalue weighted by atomic mass is 10.1. The van der Waals surface area contributed by atoms with Crippen LogP contribution < -0.4 is 0 Å². The molecule has 0 N–H and O–H groups in total. The first kappa shape index (κ1) is 18.8. The molecule has 2 heterocycles. The van der Waals surface area contributed by atoms with Crippen LogP contribution in [0.5, 0.6) is 0 Å². The normalized spacial score (nSPS) is 11.2. The molecular formula is C23H22BrN3O. The van der Waals surface area contributed by atoms with Crippen molar-refractivity contribution in [2.24, 2.45) is 0 Å². The van der Waals surface area contributed by atoms with E-state index >= 15 is 0 Å². The number of aryl methyl sites for hydroxylation is 2. The van der Waals surface area contributed by atoms with E-state index in [1.807, 2.05) is 24.3 Å². The van der Waals surface area contributed by atoms with Gasteiger partial charge in [0.1, 0.15) is 12.4 Å². The van der Waals surface area contributed by atoms with Gasteiger partial charge in [0.25, 0.3) is 0 Å². The first-order valence-corrected chi connectivity index (χ1v) is 10.1. The van der Waals surface area contributed by atoms with Crippen molar-refractivity contribution < 1.29 is 4.74 Å². The molecule has 4 aromatic rings. The molecule has 142 valence electrons. The van der Waals surface area contributed by atoms with Crippen LogP contribution in [-0.2, 0) is 24.5 Å². The Morgan fingerprint density at radius 1 is 0.964 bits per heavy atom. The molecule has 4 nitrogen and oxygen atoms in total. The Kier molecular flexibility index (Phi) is 5.55. The summed E-state index contributed by atoms with van der Waals surface area (Å²) in [6, 6.07) is 16.7. The third-order valence-electron chi connectivity index (χ3n) is 4.87. The minimum atomic E-state index is 0.458. The van der Waals surface area contributed by atoms with E-state index in [9.17, 15) is 0 Å². The molecule has 0 amide bonds. The molecule has 0 aliphatic heterocycles. The summed E-state index contributed by atoms with van der Waals surface area (Å²) in [5, 5.41) is 0. The van der Waals surface area contributed by atoms with Crippen LogP contribution in [0.4, 0.5) is 0 Å². The summed E-state index contributed by atoms with van der Waals surface area (Å²) < 4.78 is 9.28. The molecule has 0 unspecified atom stereocenters. The Morgan fingerprint density at radius 2 is 1.79 bits per heavy atom. The van der Waals surface area contributed by atoms with Gasteiger partial charge in [0.15, 0.2) is 0 Å². The maximum atomic E-state index is 5.98. The summed E-state index contributed by atoms with van der Waals surface area (Å²) in [7, 11) is 0. The fourth-order valence-corrected chi connectivity index (χ4v) is 3.66. The van der Waals surface area contributed by atoms with E-state index < -0.39 is 0 Å². The van der Waals surface area contributed by atoms with Gasteiger partial charge in [0.05, 0.1) is 17.6 Å². The lowest BCUT2D eigenvalue weighted by Gasteiger charge is -2.13. The average molecular weight is 436 g/mol. The zero-order valence-electron chi connectivity index (χ0n) is 16.0. The van der Waals surface area contributed by atoms with Crippen LogP contribution >= 0.6 is 15.9 Å². The Labute approximate surface area is 173 Å². The fourth-order valence-electron chi connectivity index (χ4n) is 3.31. The molecule has 0 atom stereocenters. The summed E-state index contributed by atoms with van der Waals surface area (Å²) >= 11 is 3.59. The summed E-state index contributed by atoms with van der Waals surface area (Å²) in [6.07, 6.45) is 3.57. The van der Waals surface area contributed by atoms with Crippen molar-refractivity contribution in [3.05, 3.63) is 93.5 Å². The van der Waals surface area contributed by atoms with Crippen molar-refractivity contribution >= 4 is 27.0 Å². The van der Waals surface area contributed by atoms with Crippen LogP contribution in [-0.4, -0.2) is 14.5 Å². The summed E-state index contributed by atoms with van der Waals surface area (Å²) in [5.41, 5.74) is 7.05. The number of fused-ring (bicyclic) bond motifs is 1. The molecule has 0 aliphatic carbocycles. The molecule has 0 aliphatic rings. The number of rotatable bonds is 6. The molecular weight excluding hydrogens is 414 g/mol. The second-order valence-corrected chi connectivity index (χ2v) is 7.94.